The Morgan fingerprint density at radius 1 is 1.29 bits per heavy atom. The monoisotopic (exact) mass is 290 g/mol. The maximum atomic E-state index is 12.1. The number of nitrogens with one attached hydrogen (secondary N) is 1. The van der Waals surface area contributed by atoms with Crippen molar-refractivity contribution in [3.8, 4) is 0 Å². The highest BCUT2D eigenvalue weighted by atomic mass is 16.4. The van der Waals surface area contributed by atoms with E-state index in [1.165, 1.54) is 17.0 Å². The number of carboxylic acid groups (broad SMARTS) is 1. The van der Waals surface area contributed by atoms with Gasteiger partial charge in [-0.2, -0.15) is 0 Å². The zero-order valence-electron chi connectivity index (χ0n) is 11.8. The summed E-state index contributed by atoms with van der Waals surface area (Å²) in [5.41, 5.74) is 1.01. The molecule has 1 heterocycles. The molecule has 1 atom stereocenters. The van der Waals surface area contributed by atoms with Gasteiger partial charge in [-0.3, -0.25) is 9.69 Å². The largest absolute Gasteiger partial charge is 0.478 e. The predicted molar refractivity (Wildman–Crippen MR) is 76.0 cm³/mol. The van der Waals surface area contributed by atoms with Gasteiger partial charge in [-0.1, -0.05) is 25.5 Å². The lowest BCUT2D eigenvalue weighted by Gasteiger charge is -2.12. The minimum absolute atomic E-state index is 0.199. The van der Waals surface area contributed by atoms with Crippen LogP contribution < -0.4 is 5.32 Å². The van der Waals surface area contributed by atoms with E-state index in [1.807, 2.05) is 6.92 Å². The summed E-state index contributed by atoms with van der Waals surface area (Å²) in [5.74, 6) is -1.20. The number of hydrogen-bond acceptors (Lipinski definition) is 3. The number of hydrogen-bond donors (Lipinski definition) is 2. The van der Waals surface area contributed by atoms with Crippen LogP contribution in [0.3, 0.4) is 0 Å². The summed E-state index contributed by atoms with van der Waals surface area (Å²) in [6, 6.07) is 5.40. The first kappa shape index (κ1) is 15.0. The summed E-state index contributed by atoms with van der Waals surface area (Å²) in [7, 11) is 0. The number of benzene rings is 1. The fourth-order valence-corrected chi connectivity index (χ4v) is 2.26. The van der Waals surface area contributed by atoms with Crippen LogP contribution in [0.1, 0.15) is 35.7 Å². The average Bonchev–Trinajstić information content (AvgIpc) is 2.72. The number of nitrogens with zero attached hydrogens (tertiary/aromatic N) is 1. The first-order chi connectivity index (χ1) is 10.0. The normalized spacial score (nSPS) is 18.0. The third-order valence-electron chi connectivity index (χ3n) is 3.48. The summed E-state index contributed by atoms with van der Waals surface area (Å²) in [6.45, 7) is 2.44. The van der Waals surface area contributed by atoms with Gasteiger partial charge in [0.15, 0.2) is 0 Å². The van der Waals surface area contributed by atoms with Gasteiger partial charge in [0.2, 0.25) is 0 Å². The van der Waals surface area contributed by atoms with Gasteiger partial charge in [-0.15, -0.1) is 0 Å². The molecule has 3 amide bonds. The molecule has 2 N–H and O–H groups in total. The highest BCUT2D eigenvalue weighted by molar-refractivity contribution is 6.04. The number of carbonyl (C=O) groups excluding carboxylic acids is 2. The van der Waals surface area contributed by atoms with E-state index in [-0.39, 0.29) is 17.5 Å². The van der Waals surface area contributed by atoms with Gasteiger partial charge < -0.3 is 10.4 Å². The number of amides is 3. The lowest BCUT2D eigenvalue weighted by Crippen LogP contribution is -2.33. The number of imide groups is 1. The standard InChI is InChI=1S/C15H18N2O4/c1-2-3-8-17-13(18)12(16-15(17)21)9-10-4-6-11(7-5-10)14(19)20/h4-7,12H,2-3,8-9H2,1H3,(H,16,21)(H,19,20). The Labute approximate surface area is 122 Å². The van der Waals surface area contributed by atoms with Gasteiger partial charge in [-0.05, 0) is 24.1 Å². The Kier molecular flexibility index (Phi) is 4.57. The van der Waals surface area contributed by atoms with Crippen molar-refractivity contribution in [1.82, 2.24) is 10.2 Å². The van der Waals surface area contributed by atoms with Crippen molar-refractivity contribution in [3.63, 3.8) is 0 Å². The maximum absolute atomic E-state index is 12.1. The van der Waals surface area contributed by atoms with E-state index in [4.69, 9.17) is 5.11 Å². The van der Waals surface area contributed by atoms with Crippen LogP contribution in [-0.4, -0.2) is 40.5 Å². The molecular weight excluding hydrogens is 272 g/mol. The summed E-state index contributed by atoms with van der Waals surface area (Å²) < 4.78 is 0. The summed E-state index contributed by atoms with van der Waals surface area (Å²) in [6.07, 6.45) is 2.07. The molecule has 0 spiro atoms. The molecule has 1 saturated heterocycles. The molecule has 0 bridgehead atoms. The minimum Gasteiger partial charge on any atom is -0.478 e. The van der Waals surface area contributed by atoms with Crippen molar-refractivity contribution in [2.45, 2.75) is 32.2 Å². The quantitative estimate of drug-likeness (QED) is 0.780. The molecule has 6 nitrogen and oxygen atoms in total. The molecule has 0 saturated carbocycles. The summed E-state index contributed by atoms with van der Waals surface area (Å²) in [5, 5.41) is 11.5. The second-order valence-electron chi connectivity index (χ2n) is 5.05. The number of urea groups is 1. The molecule has 2 rings (SSSR count). The lowest BCUT2D eigenvalue weighted by molar-refractivity contribution is -0.127. The predicted octanol–water partition coefficient (Wildman–Crippen LogP) is 1.65. The highest BCUT2D eigenvalue weighted by Crippen LogP contribution is 2.14. The van der Waals surface area contributed by atoms with Crippen LogP contribution in [0.25, 0.3) is 0 Å². The molecule has 0 aromatic heterocycles. The van der Waals surface area contributed by atoms with Crippen LogP contribution in [0.5, 0.6) is 0 Å². The fourth-order valence-electron chi connectivity index (χ4n) is 2.26. The van der Waals surface area contributed by atoms with E-state index < -0.39 is 12.0 Å². The van der Waals surface area contributed by atoms with Crippen molar-refractivity contribution in [2.24, 2.45) is 0 Å². The van der Waals surface area contributed by atoms with Crippen molar-refractivity contribution in [2.75, 3.05) is 6.54 Å². The topological polar surface area (TPSA) is 86.7 Å². The number of carbonyl (C=O) groups is 3. The number of rotatable bonds is 6. The smallest absolute Gasteiger partial charge is 0.335 e. The van der Waals surface area contributed by atoms with E-state index in [9.17, 15) is 14.4 Å². The van der Waals surface area contributed by atoms with Gasteiger partial charge in [0.1, 0.15) is 6.04 Å². The Morgan fingerprint density at radius 3 is 2.52 bits per heavy atom. The van der Waals surface area contributed by atoms with Crippen LogP contribution in [0.4, 0.5) is 4.79 Å². The molecule has 6 heteroatoms. The second-order valence-corrected chi connectivity index (χ2v) is 5.05. The summed E-state index contributed by atoms with van der Waals surface area (Å²) >= 11 is 0. The zero-order chi connectivity index (χ0) is 15.4. The van der Waals surface area contributed by atoms with E-state index >= 15 is 0 Å². The molecule has 1 aliphatic heterocycles. The van der Waals surface area contributed by atoms with Gasteiger partial charge >= 0.3 is 12.0 Å². The number of aromatic carboxylic acids is 1. The first-order valence-corrected chi connectivity index (χ1v) is 6.97. The van der Waals surface area contributed by atoms with Gasteiger partial charge in [0.25, 0.3) is 5.91 Å². The summed E-state index contributed by atoms with van der Waals surface area (Å²) in [4.78, 5) is 35.9. The van der Waals surface area contributed by atoms with Crippen LogP contribution in [0, 0.1) is 0 Å². The molecule has 1 unspecified atom stereocenters. The van der Waals surface area contributed by atoms with Crippen molar-refractivity contribution >= 4 is 17.9 Å². The minimum atomic E-state index is -0.988. The second kappa shape index (κ2) is 6.39. The van der Waals surface area contributed by atoms with E-state index in [1.54, 1.807) is 12.1 Å². The Bertz CT molecular complexity index is 553. The molecule has 0 radical (unpaired) electrons. The van der Waals surface area contributed by atoms with Crippen LogP contribution in [0.15, 0.2) is 24.3 Å². The molecule has 1 aliphatic rings. The zero-order valence-corrected chi connectivity index (χ0v) is 11.8. The van der Waals surface area contributed by atoms with Gasteiger partial charge in [0.05, 0.1) is 5.56 Å². The third-order valence-corrected chi connectivity index (χ3v) is 3.48. The Hall–Kier alpha value is -2.37. The highest BCUT2D eigenvalue weighted by Gasteiger charge is 2.37. The first-order valence-electron chi connectivity index (χ1n) is 6.97. The third kappa shape index (κ3) is 3.39. The van der Waals surface area contributed by atoms with Crippen LogP contribution in [0.2, 0.25) is 0 Å². The molecule has 1 fully saturated rings. The number of carboxylic acids is 1. The Balaban J connectivity index is 2.01. The SMILES string of the molecule is CCCCN1C(=O)NC(Cc2ccc(C(=O)O)cc2)C1=O. The van der Waals surface area contributed by atoms with Crippen molar-refractivity contribution in [3.05, 3.63) is 35.4 Å². The maximum Gasteiger partial charge on any atom is 0.335 e. The van der Waals surface area contributed by atoms with Crippen LogP contribution in [-0.2, 0) is 11.2 Å². The van der Waals surface area contributed by atoms with Gasteiger partial charge in [-0.25, -0.2) is 9.59 Å². The van der Waals surface area contributed by atoms with Crippen molar-refractivity contribution < 1.29 is 19.5 Å². The molecular formula is C15H18N2O4. The molecule has 1 aromatic rings. The fraction of sp³-hybridized carbons (Fsp3) is 0.400. The number of unbranched alkanes of at least 4 members (excludes halogenated alkanes) is 1. The molecule has 0 aliphatic carbocycles. The van der Waals surface area contributed by atoms with E-state index in [2.05, 4.69) is 5.32 Å². The molecule has 21 heavy (non-hydrogen) atoms. The lowest BCUT2D eigenvalue weighted by atomic mass is 10.0. The van der Waals surface area contributed by atoms with E-state index in [0.29, 0.717) is 13.0 Å². The molecule has 112 valence electrons. The van der Waals surface area contributed by atoms with E-state index in [0.717, 1.165) is 18.4 Å². The van der Waals surface area contributed by atoms with Gasteiger partial charge in [0, 0.05) is 13.0 Å². The Morgan fingerprint density at radius 2 is 1.95 bits per heavy atom. The molecule has 1 aromatic carbocycles. The average molecular weight is 290 g/mol. The van der Waals surface area contributed by atoms with Crippen LogP contribution >= 0.6 is 0 Å². The van der Waals surface area contributed by atoms with Crippen molar-refractivity contribution in [1.29, 1.82) is 0 Å².